The number of hydrogen-bond acceptors (Lipinski definition) is 2. The normalized spacial score (nSPS) is 14.8. The lowest BCUT2D eigenvalue weighted by molar-refractivity contribution is -0.127. The van der Waals surface area contributed by atoms with Gasteiger partial charge in [0.1, 0.15) is 12.1 Å². The number of carbonyl (C=O) groups is 2. The molecule has 16 heavy (non-hydrogen) atoms. The largest absolute Gasteiger partial charge is 0.303 e. The van der Waals surface area contributed by atoms with Gasteiger partial charge in [-0.2, -0.15) is 0 Å². The molecule has 0 aliphatic rings. The minimum atomic E-state index is -0.0930. The van der Waals surface area contributed by atoms with E-state index >= 15 is 0 Å². The van der Waals surface area contributed by atoms with Gasteiger partial charge in [-0.1, -0.05) is 40.5 Å². The van der Waals surface area contributed by atoms with E-state index in [-0.39, 0.29) is 17.6 Å². The van der Waals surface area contributed by atoms with Crippen LogP contribution in [0.1, 0.15) is 59.8 Å². The van der Waals surface area contributed by atoms with Crippen LogP contribution in [-0.4, -0.2) is 12.1 Å². The molecule has 0 fully saturated rings. The molecule has 0 N–H and O–H groups in total. The molecule has 0 aliphatic heterocycles. The Morgan fingerprint density at radius 1 is 1.19 bits per heavy atom. The Hall–Kier alpha value is -0.660. The Bertz CT molecular complexity index is 209. The lowest BCUT2D eigenvalue weighted by atomic mass is 9.86. The molecule has 0 radical (unpaired) electrons. The van der Waals surface area contributed by atoms with Gasteiger partial charge in [-0.05, 0) is 18.8 Å². The molecule has 0 aliphatic carbocycles. The summed E-state index contributed by atoms with van der Waals surface area (Å²) in [5, 5.41) is 0. The molecule has 0 spiro atoms. The topological polar surface area (TPSA) is 34.1 Å². The average molecular weight is 226 g/mol. The van der Waals surface area contributed by atoms with Crippen LogP contribution in [0.15, 0.2) is 0 Å². The monoisotopic (exact) mass is 226 g/mol. The van der Waals surface area contributed by atoms with Crippen molar-refractivity contribution in [2.75, 3.05) is 0 Å². The van der Waals surface area contributed by atoms with Crippen molar-refractivity contribution in [2.24, 2.45) is 17.8 Å². The van der Waals surface area contributed by atoms with E-state index in [9.17, 15) is 9.59 Å². The molecule has 0 aromatic carbocycles. The fourth-order valence-electron chi connectivity index (χ4n) is 1.92. The van der Waals surface area contributed by atoms with Crippen LogP contribution in [0.5, 0.6) is 0 Å². The predicted octanol–water partition coefficient (Wildman–Crippen LogP) is 3.63. The molecule has 0 aromatic rings. The fraction of sp³-hybridized carbons (Fsp3) is 0.857. The molecule has 2 unspecified atom stereocenters. The molecule has 2 heteroatoms. The Morgan fingerprint density at radius 3 is 2.25 bits per heavy atom. The standard InChI is InChI=1S/C14H26O2/c1-5-7-13(10-15)12(4)14(16)9-6-8-11(2)3/h10-13H,5-9H2,1-4H3. The first-order chi connectivity index (χ1) is 7.52. The van der Waals surface area contributed by atoms with Crippen LogP contribution in [0.4, 0.5) is 0 Å². The van der Waals surface area contributed by atoms with Gasteiger partial charge in [0, 0.05) is 18.3 Å². The number of hydrogen-bond donors (Lipinski definition) is 0. The molecular formula is C14H26O2. The molecular weight excluding hydrogens is 200 g/mol. The summed E-state index contributed by atoms with van der Waals surface area (Å²) in [6.45, 7) is 8.28. The van der Waals surface area contributed by atoms with Gasteiger partial charge in [0.2, 0.25) is 0 Å². The highest BCUT2D eigenvalue weighted by molar-refractivity contribution is 5.83. The van der Waals surface area contributed by atoms with Gasteiger partial charge in [0.05, 0.1) is 0 Å². The van der Waals surface area contributed by atoms with Crippen LogP contribution in [0.3, 0.4) is 0 Å². The van der Waals surface area contributed by atoms with E-state index in [1.54, 1.807) is 0 Å². The van der Waals surface area contributed by atoms with Gasteiger partial charge in [0.25, 0.3) is 0 Å². The van der Waals surface area contributed by atoms with Crippen molar-refractivity contribution in [2.45, 2.75) is 59.8 Å². The first kappa shape index (κ1) is 15.3. The second-order valence-electron chi connectivity index (χ2n) is 5.13. The second kappa shape index (κ2) is 8.49. The zero-order chi connectivity index (χ0) is 12.6. The molecule has 2 nitrogen and oxygen atoms in total. The number of ketones is 1. The van der Waals surface area contributed by atoms with Crippen molar-refractivity contribution in [3.8, 4) is 0 Å². The summed E-state index contributed by atoms with van der Waals surface area (Å²) in [5.74, 6) is 0.743. The zero-order valence-electron chi connectivity index (χ0n) is 11.2. The summed E-state index contributed by atoms with van der Waals surface area (Å²) in [5.41, 5.74) is 0. The summed E-state index contributed by atoms with van der Waals surface area (Å²) >= 11 is 0. The van der Waals surface area contributed by atoms with Gasteiger partial charge in [-0.15, -0.1) is 0 Å². The SMILES string of the molecule is CCCC(C=O)C(C)C(=O)CCCC(C)C. The first-order valence-electron chi connectivity index (χ1n) is 6.50. The Labute approximate surface area is 99.8 Å². The number of aldehydes is 1. The van der Waals surface area contributed by atoms with Crippen LogP contribution >= 0.6 is 0 Å². The number of rotatable bonds is 9. The van der Waals surface area contributed by atoms with E-state index < -0.39 is 0 Å². The van der Waals surface area contributed by atoms with E-state index in [1.165, 1.54) is 0 Å². The minimum absolute atomic E-state index is 0.0726. The van der Waals surface area contributed by atoms with Crippen LogP contribution < -0.4 is 0 Å². The number of carbonyl (C=O) groups excluding carboxylic acids is 2. The van der Waals surface area contributed by atoms with Gasteiger partial charge >= 0.3 is 0 Å². The molecule has 0 amide bonds. The van der Waals surface area contributed by atoms with Crippen molar-refractivity contribution in [1.82, 2.24) is 0 Å². The summed E-state index contributed by atoms with van der Waals surface area (Å²) < 4.78 is 0. The average Bonchev–Trinajstić information content (AvgIpc) is 2.24. The molecule has 0 heterocycles. The highest BCUT2D eigenvalue weighted by atomic mass is 16.1. The van der Waals surface area contributed by atoms with Crippen LogP contribution in [0.25, 0.3) is 0 Å². The summed E-state index contributed by atoms with van der Waals surface area (Å²) in [7, 11) is 0. The van der Waals surface area contributed by atoms with Crippen LogP contribution in [-0.2, 0) is 9.59 Å². The highest BCUT2D eigenvalue weighted by Crippen LogP contribution is 2.19. The third-order valence-electron chi connectivity index (χ3n) is 3.15. The van der Waals surface area contributed by atoms with E-state index in [0.717, 1.165) is 32.0 Å². The van der Waals surface area contributed by atoms with Crippen molar-refractivity contribution in [1.29, 1.82) is 0 Å². The third-order valence-corrected chi connectivity index (χ3v) is 3.15. The van der Waals surface area contributed by atoms with E-state index in [4.69, 9.17) is 0 Å². The van der Waals surface area contributed by atoms with Crippen LogP contribution in [0.2, 0.25) is 0 Å². The molecule has 2 atom stereocenters. The molecule has 94 valence electrons. The lowest BCUT2D eigenvalue weighted by Gasteiger charge is -2.17. The van der Waals surface area contributed by atoms with Gasteiger partial charge < -0.3 is 4.79 Å². The quantitative estimate of drug-likeness (QED) is 0.563. The summed E-state index contributed by atoms with van der Waals surface area (Å²) in [6, 6.07) is 0. The van der Waals surface area contributed by atoms with Gasteiger partial charge in [-0.3, -0.25) is 4.79 Å². The lowest BCUT2D eigenvalue weighted by Crippen LogP contribution is -2.22. The van der Waals surface area contributed by atoms with E-state index in [1.807, 2.05) is 13.8 Å². The first-order valence-corrected chi connectivity index (χ1v) is 6.50. The van der Waals surface area contributed by atoms with E-state index in [0.29, 0.717) is 12.3 Å². The molecule has 0 saturated heterocycles. The summed E-state index contributed by atoms with van der Waals surface area (Å²) in [4.78, 5) is 22.7. The van der Waals surface area contributed by atoms with Crippen molar-refractivity contribution in [3.05, 3.63) is 0 Å². The number of Topliss-reactive ketones (excluding diaryl/α,β-unsaturated/α-hetero) is 1. The predicted molar refractivity (Wildman–Crippen MR) is 67.3 cm³/mol. The minimum Gasteiger partial charge on any atom is -0.303 e. The Kier molecular flexibility index (Phi) is 8.14. The maximum atomic E-state index is 11.8. The molecule has 0 bridgehead atoms. The van der Waals surface area contributed by atoms with Crippen molar-refractivity contribution >= 4 is 12.1 Å². The fourth-order valence-corrected chi connectivity index (χ4v) is 1.92. The highest BCUT2D eigenvalue weighted by Gasteiger charge is 2.22. The summed E-state index contributed by atoms with van der Waals surface area (Å²) in [6.07, 6.45) is 5.44. The van der Waals surface area contributed by atoms with Crippen molar-refractivity contribution < 1.29 is 9.59 Å². The van der Waals surface area contributed by atoms with Crippen LogP contribution in [0, 0.1) is 17.8 Å². The maximum absolute atomic E-state index is 11.8. The molecule has 0 saturated carbocycles. The van der Waals surface area contributed by atoms with Crippen molar-refractivity contribution in [3.63, 3.8) is 0 Å². The molecule has 0 aromatic heterocycles. The third kappa shape index (κ3) is 6.04. The Balaban J connectivity index is 4.00. The van der Waals surface area contributed by atoms with Gasteiger partial charge in [-0.25, -0.2) is 0 Å². The zero-order valence-corrected chi connectivity index (χ0v) is 11.2. The maximum Gasteiger partial charge on any atom is 0.136 e. The molecule has 0 rings (SSSR count). The second-order valence-corrected chi connectivity index (χ2v) is 5.13. The van der Waals surface area contributed by atoms with Gasteiger partial charge in [0.15, 0.2) is 0 Å². The van der Waals surface area contributed by atoms with E-state index in [2.05, 4.69) is 13.8 Å². The smallest absolute Gasteiger partial charge is 0.136 e. The Morgan fingerprint density at radius 2 is 1.81 bits per heavy atom.